The summed E-state index contributed by atoms with van der Waals surface area (Å²) in [6.45, 7) is 0. The van der Waals surface area contributed by atoms with Crippen molar-refractivity contribution in [2.75, 3.05) is 0 Å². The smallest absolute Gasteiger partial charge is 0.272 e. The van der Waals surface area contributed by atoms with Crippen molar-refractivity contribution in [2.24, 2.45) is 7.05 Å². The molecule has 0 aromatic carbocycles. The van der Waals surface area contributed by atoms with E-state index in [1.54, 1.807) is 12.1 Å². The lowest BCUT2D eigenvalue weighted by molar-refractivity contribution is 0.845. The standard InChI is InChI=1S/C11H3N5O2S2/c1-16-10(17)6-7(11(16)18)20-9-8(19-6)14-4(2-12)5(3-13)15-9/h1H3. The van der Waals surface area contributed by atoms with Gasteiger partial charge in [-0.3, -0.25) is 14.2 Å². The third-order valence-corrected chi connectivity index (χ3v) is 5.03. The predicted octanol–water partition coefficient (Wildman–Crippen LogP) is 0.280. The lowest BCUT2D eigenvalue weighted by Crippen LogP contribution is -2.21. The minimum absolute atomic E-state index is 0.0893. The molecule has 0 spiro atoms. The Morgan fingerprint density at radius 2 is 1.35 bits per heavy atom. The second-order valence-electron chi connectivity index (χ2n) is 3.79. The van der Waals surface area contributed by atoms with E-state index in [2.05, 4.69) is 9.97 Å². The van der Waals surface area contributed by atoms with Gasteiger partial charge in [-0.25, -0.2) is 9.97 Å². The molecule has 1 aromatic heterocycles. The summed E-state index contributed by atoms with van der Waals surface area (Å²) < 4.78 is 1.60. The largest absolute Gasteiger partial charge is 0.276 e. The molecule has 0 bridgehead atoms. The van der Waals surface area contributed by atoms with E-state index < -0.39 is 11.1 Å². The fourth-order valence-electron chi connectivity index (χ4n) is 1.66. The normalized spacial score (nSPS) is 10.6. The van der Waals surface area contributed by atoms with E-state index in [0.717, 1.165) is 27.2 Å². The number of hydrogen-bond acceptors (Lipinski definition) is 8. The molecule has 0 saturated heterocycles. The molecule has 20 heavy (non-hydrogen) atoms. The van der Waals surface area contributed by atoms with Crippen molar-refractivity contribution in [3.05, 3.63) is 41.2 Å². The van der Waals surface area contributed by atoms with E-state index in [1.807, 2.05) is 0 Å². The van der Waals surface area contributed by atoms with Crippen LogP contribution in [0.25, 0.3) is 9.66 Å². The summed E-state index contributed by atoms with van der Waals surface area (Å²) in [5.41, 5.74) is -0.960. The average Bonchev–Trinajstić information content (AvgIpc) is 2.68. The molecule has 0 unspecified atom stereocenters. The van der Waals surface area contributed by atoms with Gasteiger partial charge in [-0.1, -0.05) is 0 Å². The highest BCUT2D eigenvalue weighted by molar-refractivity contribution is 7.25. The van der Waals surface area contributed by atoms with Crippen LogP contribution in [-0.2, 0) is 7.05 Å². The molecule has 0 amide bonds. The molecule has 3 rings (SSSR count). The summed E-state index contributed by atoms with van der Waals surface area (Å²) in [6, 6.07) is 3.58. The first-order valence-corrected chi connectivity index (χ1v) is 6.84. The quantitative estimate of drug-likeness (QED) is 0.589. The Morgan fingerprint density at radius 1 is 0.950 bits per heavy atom. The maximum atomic E-state index is 11.9. The van der Waals surface area contributed by atoms with Crippen LogP contribution in [0.3, 0.4) is 0 Å². The lowest BCUT2D eigenvalue weighted by Gasteiger charge is -1.96. The van der Waals surface area contributed by atoms with Gasteiger partial charge in [0.15, 0.2) is 21.0 Å². The molecule has 2 aliphatic rings. The van der Waals surface area contributed by atoms with Crippen molar-refractivity contribution in [1.29, 1.82) is 10.5 Å². The second-order valence-corrected chi connectivity index (χ2v) is 5.78. The number of aromatic nitrogens is 3. The molecular formula is C11H3N5O2S2. The van der Waals surface area contributed by atoms with E-state index in [1.165, 1.54) is 7.05 Å². The van der Waals surface area contributed by atoms with Crippen molar-refractivity contribution in [2.45, 2.75) is 0 Å². The summed E-state index contributed by atoms with van der Waals surface area (Å²) in [4.78, 5) is 32.5. The Hall–Kier alpha value is -2.62. The highest BCUT2D eigenvalue weighted by Gasteiger charge is 2.14. The van der Waals surface area contributed by atoms with Crippen molar-refractivity contribution in [3.8, 4) is 12.1 Å². The van der Waals surface area contributed by atoms with Gasteiger partial charge in [-0.05, 0) is 0 Å². The first kappa shape index (κ1) is 12.4. The zero-order chi connectivity index (χ0) is 14.4. The van der Waals surface area contributed by atoms with Gasteiger partial charge in [0, 0.05) is 7.05 Å². The monoisotopic (exact) mass is 301 g/mol. The zero-order valence-corrected chi connectivity index (χ0v) is 11.5. The molecule has 0 N–H and O–H groups in total. The van der Waals surface area contributed by atoms with Gasteiger partial charge in [0.25, 0.3) is 11.1 Å². The van der Waals surface area contributed by atoms with Crippen LogP contribution < -0.4 is 11.1 Å². The number of hydrogen-bond donors (Lipinski definition) is 0. The Kier molecular flexibility index (Phi) is 2.61. The van der Waals surface area contributed by atoms with Crippen LogP contribution in [0, 0.1) is 31.7 Å². The van der Waals surface area contributed by atoms with E-state index in [-0.39, 0.29) is 20.5 Å². The summed E-state index contributed by atoms with van der Waals surface area (Å²) in [7, 11) is 1.40. The van der Waals surface area contributed by atoms with Gasteiger partial charge in [0.2, 0.25) is 0 Å². The Morgan fingerprint density at radius 3 is 1.70 bits per heavy atom. The maximum absolute atomic E-state index is 11.9. The van der Waals surface area contributed by atoms with Crippen LogP contribution in [0.4, 0.5) is 0 Å². The Balaban J connectivity index is 2.61. The van der Waals surface area contributed by atoms with Crippen LogP contribution in [0.2, 0.25) is 0 Å². The van der Waals surface area contributed by atoms with Gasteiger partial charge in [0.05, 0.1) is 0 Å². The van der Waals surface area contributed by atoms with Crippen LogP contribution in [0.1, 0.15) is 11.4 Å². The average molecular weight is 301 g/mol. The number of nitriles is 2. The molecule has 0 fully saturated rings. The van der Waals surface area contributed by atoms with Crippen LogP contribution >= 0.6 is 22.7 Å². The van der Waals surface area contributed by atoms with Gasteiger partial charge < -0.3 is 0 Å². The Bertz CT molecular complexity index is 1040. The third kappa shape index (κ3) is 1.54. The van der Waals surface area contributed by atoms with Gasteiger partial charge in [-0.2, -0.15) is 10.5 Å². The second kappa shape index (κ2) is 4.20. The molecule has 96 valence electrons. The number of nitrogens with zero attached hydrogens (tertiary/aromatic N) is 5. The third-order valence-electron chi connectivity index (χ3n) is 2.65. The van der Waals surface area contributed by atoms with Gasteiger partial charge in [-0.15, -0.1) is 22.7 Å². The molecule has 0 saturated carbocycles. The minimum atomic E-state index is -0.391. The zero-order valence-electron chi connectivity index (χ0n) is 9.87. The predicted molar refractivity (Wildman–Crippen MR) is 71.5 cm³/mol. The highest BCUT2D eigenvalue weighted by Crippen LogP contribution is 2.21. The molecule has 0 radical (unpaired) electrons. The van der Waals surface area contributed by atoms with E-state index in [0.29, 0.717) is 9.66 Å². The fourth-order valence-corrected chi connectivity index (χ4v) is 3.89. The van der Waals surface area contributed by atoms with E-state index >= 15 is 0 Å². The number of rotatable bonds is 0. The highest BCUT2D eigenvalue weighted by atomic mass is 32.1. The van der Waals surface area contributed by atoms with E-state index in [4.69, 9.17) is 10.5 Å². The van der Waals surface area contributed by atoms with Crippen molar-refractivity contribution >= 4 is 32.3 Å². The molecule has 1 aromatic rings. The first-order valence-electron chi connectivity index (χ1n) is 5.21. The summed E-state index contributed by atoms with van der Waals surface area (Å²) in [6.07, 6.45) is 0. The molecule has 7 nitrogen and oxygen atoms in total. The first-order chi connectivity index (χ1) is 9.56. The SMILES string of the molecule is Cn1c(=O)c2sc3nc(C#N)c(C#N)nc3sc=2c1=O. The van der Waals surface area contributed by atoms with Crippen LogP contribution in [-0.4, -0.2) is 14.5 Å². The van der Waals surface area contributed by atoms with Crippen LogP contribution in [0.15, 0.2) is 9.59 Å². The Labute approximate surface area is 118 Å². The number of fused-ring (bicyclic) bond motifs is 1. The van der Waals surface area contributed by atoms with Gasteiger partial charge in [0.1, 0.15) is 21.2 Å². The molecule has 2 aliphatic heterocycles. The summed E-state index contributed by atoms with van der Waals surface area (Å²) in [5.74, 6) is 0. The molecule has 0 aliphatic carbocycles. The molecular weight excluding hydrogens is 298 g/mol. The van der Waals surface area contributed by atoms with Gasteiger partial charge >= 0.3 is 0 Å². The maximum Gasteiger partial charge on any atom is 0.272 e. The topological polar surface area (TPSA) is 112 Å². The van der Waals surface area contributed by atoms with E-state index in [9.17, 15) is 9.59 Å². The van der Waals surface area contributed by atoms with Crippen molar-refractivity contribution < 1.29 is 0 Å². The summed E-state index contributed by atoms with van der Waals surface area (Å²) >= 11 is 2.01. The summed E-state index contributed by atoms with van der Waals surface area (Å²) in [5, 5.41) is 17.8. The van der Waals surface area contributed by atoms with Crippen molar-refractivity contribution in [3.63, 3.8) is 0 Å². The van der Waals surface area contributed by atoms with Crippen molar-refractivity contribution in [1.82, 2.24) is 14.5 Å². The molecule has 9 heteroatoms. The molecule has 0 atom stereocenters. The minimum Gasteiger partial charge on any atom is -0.276 e. The fraction of sp³-hybridized carbons (Fsp3) is 0.0909. The lowest BCUT2D eigenvalue weighted by atomic mass is 10.3. The van der Waals surface area contributed by atoms with Crippen LogP contribution in [0.5, 0.6) is 0 Å². The molecule has 3 heterocycles.